The Labute approximate surface area is 76.6 Å². The van der Waals surface area contributed by atoms with Crippen molar-refractivity contribution in [2.24, 2.45) is 10.8 Å². The maximum absolute atomic E-state index is 10.9. The number of carboxylic acid groups (broad SMARTS) is 2. The van der Waals surface area contributed by atoms with E-state index in [1.807, 2.05) is 0 Å². The molecule has 0 aromatic heterocycles. The summed E-state index contributed by atoms with van der Waals surface area (Å²) in [5.74, 6) is -1.95. The molecular weight excluding hydrogens is 172 g/mol. The molecule has 74 valence electrons. The highest BCUT2D eigenvalue weighted by Gasteiger charge is 2.74. The Bertz CT molecular complexity index is 234. The van der Waals surface area contributed by atoms with Crippen LogP contribution in [-0.4, -0.2) is 22.2 Å². The maximum Gasteiger partial charge on any atom is 0.310 e. The van der Waals surface area contributed by atoms with E-state index >= 15 is 0 Å². The van der Waals surface area contributed by atoms with Gasteiger partial charge in [-0.25, -0.2) is 0 Å². The van der Waals surface area contributed by atoms with Crippen LogP contribution in [0.25, 0.3) is 0 Å². The summed E-state index contributed by atoms with van der Waals surface area (Å²) in [4.78, 5) is 21.9. The van der Waals surface area contributed by atoms with Crippen LogP contribution in [0.2, 0.25) is 0 Å². The van der Waals surface area contributed by atoms with Crippen LogP contribution >= 0.6 is 0 Å². The van der Waals surface area contributed by atoms with Gasteiger partial charge >= 0.3 is 11.9 Å². The van der Waals surface area contributed by atoms with Crippen LogP contribution in [0.15, 0.2) is 0 Å². The molecule has 0 saturated heterocycles. The molecule has 0 aromatic carbocycles. The first-order valence-electron chi connectivity index (χ1n) is 4.43. The minimum Gasteiger partial charge on any atom is -0.481 e. The molecule has 1 rings (SSSR count). The summed E-state index contributed by atoms with van der Waals surface area (Å²) < 4.78 is 0. The third-order valence-electron chi connectivity index (χ3n) is 3.42. The molecule has 0 aromatic rings. The van der Waals surface area contributed by atoms with Gasteiger partial charge in [-0.05, 0) is 19.3 Å². The number of aliphatic carboxylic acids is 2. The second-order valence-corrected chi connectivity index (χ2v) is 3.66. The Morgan fingerprint density at radius 2 is 1.38 bits per heavy atom. The topological polar surface area (TPSA) is 74.6 Å². The van der Waals surface area contributed by atoms with Crippen molar-refractivity contribution >= 4 is 11.9 Å². The highest BCUT2D eigenvalue weighted by atomic mass is 16.4. The molecule has 0 spiro atoms. The average molecular weight is 186 g/mol. The molecule has 2 atom stereocenters. The number of rotatable bonds is 4. The lowest BCUT2D eigenvalue weighted by molar-refractivity contribution is -0.154. The zero-order valence-electron chi connectivity index (χ0n) is 7.83. The molecule has 0 radical (unpaired) electrons. The van der Waals surface area contributed by atoms with E-state index in [4.69, 9.17) is 10.2 Å². The highest BCUT2D eigenvalue weighted by molar-refractivity contribution is 5.92. The third-order valence-corrected chi connectivity index (χ3v) is 3.42. The molecule has 1 aliphatic carbocycles. The normalized spacial score (nSPS) is 37.1. The van der Waals surface area contributed by atoms with Crippen molar-refractivity contribution in [3.63, 3.8) is 0 Å². The minimum atomic E-state index is -1.01. The summed E-state index contributed by atoms with van der Waals surface area (Å²) in [6.07, 6.45) is 1.06. The zero-order chi connectivity index (χ0) is 10.3. The lowest BCUT2D eigenvalue weighted by Crippen LogP contribution is -2.28. The van der Waals surface area contributed by atoms with Crippen LogP contribution in [-0.2, 0) is 9.59 Å². The third kappa shape index (κ3) is 0.975. The van der Waals surface area contributed by atoms with Crippen molar-refractivity contribution in [1.29, 1.82) is 0 Å². The van der Waals surface area contributed by atoms with E-state index in [-0.39, 0.29) is 6.42 Å². The fraction of sp³-hybridized carbons (Fsp3) is 0.778. The van der Waals surface area contributed by atoms with E-state index in [0.29, 0.717) is 12.8 Å². The van der Waals surface area contributed by atoms with Crippen molar-refractivity contribution < 1.29 is 19.8 Å². The van der Waals surface area contributed by atoms with Gasteiger partial charge in [0, 0.05) is 0 Å². The molecule has 0 amide bonds. The molecule has 2 N–H and O–H groups in total. The van der Waals surface area contributed by atoms with Gasteiger partial charge in [-0.15, -0.1) is 0 Å². The van der Waals surface area contributed by atoms with Gasteiger partial charge in [-0.3, -0.25) is 9.59 Å². The first-order valence-corrected chi connectivity index (χ1v) is 4.43. The van der Waals surface area contributed by atoms with Gasteiger partial charge in [-0.1, -0.05) is 13.8 Å². The minimum absolute atomic E-state index is 0.275. The van der Waals surface area contributed by atoms with Crippen LogP contribution in [0.3, 0.4) is 0 Å². The lowest BCUT2D eigenvalue weighted by atomic mass is 9.88. The largest absolute Gasteiger partial charge is 0.481 e. The first kappa shape index (κ1) is 10.0. The van der Waals surface area contributed by atoms with E-state index in [9.17, 15) is 9.59 Å². The fourth-order valence-electron chi connectivity index (χ4n) is 2.26. The van der Waals surface area contributed by atoms with E-state index in [0.717, 1.165) is 0 Å². The quantitative estimate of drug-likeness (QED) is 0.695. The van der Waals surface area contributed by atoms with Crippen molar-refractivity contribution in [2.75, 3.05) is 0 Å². The van der Waals surface area contributed by atoms with Gasteiger partial charge in [0.25, 0.3) is 0 Å². The van der Waals surface area contributed by atoms with Gasteiger partial charge in [0.1, 0.15) is 0 Å². The van der Waals surface area contributed by atoms with Crippen LogP contribution in [0.5, 0.6) is 0 Å². The predicted octanol–water partition coefficient (Wildman–Crippen LogP) is 1.35. The zero-order valence-corrected chi connectivity index (χ0v) is 7.83. The first-order chi connectivity index (χ1) is 5.97. The molecule has 1 saturated carbocycles. The summed E-state index contributed by atoms with van der Waals surface area (Å²) in [5.41, 5.74) is -2.01. The molecule has 1 fully saturated rings. The second-order valence-electron chi connectivity index (χ2n) is 3.66. The Balaban J connectivity index is 2.99. The molecule has 13 heavy (non-hydrogen) atoms. The van der Waals surface area contributed by atoms with E-state index in [2.05, 4.69) is 0 Å². The van der Waals surface area contributed by atoms with Crippen LogP contribution in [0.4, 0.5) is 0 Å². The standard InChI is InChI=1S/C9H14O4/c1-3-8(6(10)11)5-9(8,4-2)7(12)13/h3-5H2,1-2H3,(H,10,11)(H,12,13)/t8-,9-/m0/s1. The fourth-order valence-corrected chi connectivity index (χ4v) is 2.26. The SMILES string of the molecule is CC[C@@]1(C(=O)O)C[C@@]1(CC)C(=O)O. The van der Waals surface area contributed by atoms with Crippen molar-refractivity contribution in [2.45, 2.75) is 33.1 Å². The van der Waals surface area contributed by atoms with Crippen molar-refractivity contribution in [3.05, 3.63) is 0 Å². The number of hydrogen-bond acceptors (Lipinski definition) is 2. The molecule has 4 heteroatoms. The summed E-state index contributed by atoms with van der Waals surface area (Å²) in [6, 6.07) is 0. The summed E-state index contributed by atoms with van der Waals surface area (Å²) in [6.45, 7) is 3.46. The monoisotopic (exact) mass is 186 g/mol. The summed E-state index contributed by atoms with van der Waals surface area (Å²) >= 11 is 0. The number of hydrogen-bond donors (Lipinski definition) is 2. The average Bonchev–Trinajstić information content (AvgIpc) is 2.75. The predicted molar refractivity (Wildman–Crippen MR) is 45.3 cm³/mol. The van der Waals surface area contributed by atoms with Gasteiger partial charge in [0.05, 0.1) is 10.8 Å². The maximum atomic E-state index is 10.9. The second kappa shape index (κ2) is 2.72. The van der Waals surface area contributed by atoms with Gasteiger partial charge in [0.2, 0.25) is 0 Å². The summed E-state index contributed by atoms with van der Waals surface area (Å²) in [5, 5.41) is 17.9. The Morgan fingerprint density at radius 1 is 1.08 bits per heavy atom. The van der Waals surface area contributed by atoms with Crippen LogP contribution in [0.1, 0.15) is 33.1 Å². The van der Waals surface area contributed by atoms with Crippen molar-refractivity contribution in [1.82, 2.24) is 0 Å². The molecule has 1 aliphatic rings. The number of carboxylic acids is 2. The molecule has 0 bridgehead atoms. The van der Waals surface area contributed by atoms with Crippen LogP contribution < -0.4 is 0 Å². The summed E-state index contributed by atoms with van der Waals surface area (Å²) in [7, 11) is 0. The van der Waals surface area contributed by atoms with Gasteiger partial charge in [0.15, 0.2) is 0 Å². The van der Waals surface area contributed by atoms with E-state index < -0.39 is 22.8 Å². The lowest BCUT2D eigenvalue weighted by Gasteiger charge is -2.15. The Hall–Kier alpha value is -1.06. The molecule has 0 aliphatic heterocycles. The molecular formula is C9H14O4. The molecule has 0 heterocycles. The molecule has 4 nitrogen and oxygen atoms in total. The highest BCUT2D eigenvalue weighted by Crippen LogP contribution is 2.68. The Morgan fingerprint density at radius 3 is 1.46 bits per heavy atom. The smallest absolute Gasteiger partial charge is 0.310 e. The van der Waals surface area contributed by atoms with Crippen LogP contribution in [0, 0.1) is 10.8 Å². The van der Waals surface area contributed by atoms with E-state index in [1.165, 1.54) is 0 Å². The number of carbonyl (C=O) groups is 2. The molecule has 0 unspecified atom stereocenters. The van der Waals surface area contributed by atoms with E-state index in [1.54, 1.807) is 13.8 Å². The van der Waals surface area contributed by atoms with Crippen molar-refractivity contribution in [3.8, 4) is 0 Å². The van der Waals surface area contributed by atoms with Gasteiger partial charge < -0.3 is 10.2 Å². The Kier molecular flexibility index (Phi) is 2.10. The van der Waals surface area contributed by atoms with Gasteiger partial charge in [-0.2, -0.15) is 0 Å².